The third-order valence-electron chi connectivity index (χ3n) is 3.02. The highest BCUT2D eigenvalue weighted by molar-refractivity contribution is 5.98. The summed E-state index contributed by atoms with van der Waals surface area (Å²) in [5, 5.41) is 3.67. The minimum Gasteiger partial charge on any atom is -0.496 e. The summed E-state index contributed by atoms with van der Waals surface area (Å²) in [5.74, 6) is 0.180. The Bertz CT molecular complexity index is 666. The van der Waals surface area contributed by atoms with Crippen LogP contribution in [-0.2, 0) is 4.84 Å². The maximum Gasteiger partial charge on any atom is 0.366 e. The van der Waals surface area contributed by atoms with Crippen molar-refractivity contribution in [2.45, 2.75) is 6.92 Å². The molecule has 0 aliphatic rings. The maximum absolute atomic E-state index is 12.0. The van der Waals surface area contributed by atoms with Gasteiger partial charge in [0, 0.05) is 11.1 Å². The number of hydrogen-bond acceptors (Lipinski definition) is 4. The average Bonchev–Trinajstić information content (AvgIpc) is 2.53. The molecule has 108 valence electrons. The zero-order valence-electron chi connectivity index (χ0n) is 11.9. The smallest absolute Gasteiger partial charge is 0.366 e. The van der Waals surface area contributed by atoms with Gasteiger partial charge in [-0.1, -0.05) is 41.6 Å². The van der Waals surface area contributed by atoms with Gasteiger partial charge in [-0.3, -0.25) is 0 Å². The van der Waals surface area contributed by atoms with Gasteiger partial charge in [-0.25, -0.2) is 4.79 Å². The highest BCUT2D eigenvalue weighted by Crippen LogP contribution is 2.21. The lowest BCUT2D eigenvalue weighted by Crippen LogP contribution is -2.15. The molecule has 0 atom stereocenters. The standard InChI is InChI=1S/C16H16N2O3/c1-11-13(9-6-10-14(11)20-2)16(19)21-18-15(17)12-7-4-3-5-8-12/h3-10H,1-2H3,(H2,17,18). The zero-order valence-corrected chi connectivity index (χ0v) is 11.9. The van der Waals surface area contributed by atoms with Gasteiger partial charge in [0.2, 0.25) is 0 Å². The Hall–Kier alpha value is -2.82. The van der Waals surface area contributed by atoms with Crippen molar-refractivity contribution in [3.8, 4) is 5.75 Å². The van der Waals surface area contributed by atoms with Crippen LogP contribution < -0.4 is 10.5 Å². The quantitative estimate of drug-likeness (QED) is 0.405. The molecule has 2 aromatic carbocycles. The second kappa shape index (κ2) is 6.56. The molecule has 0 heterocycles. The molecule has 0 saturated carbocycles. The molecular formula is C16H16N2O3. The van der Waals surface area contributed by atoms with Crippen molar-refractivity contribution in [1.82, 2.24) is 0 Å². The number of nitrogens with zero attached hydrogens (tertiary/aromatic N) is 1. The number of nitrogens with two attached hydrogens (primary N) is 1. The monoisotopic (exact) mass is 284 g/mol. The summed E-state index contributed by atoms with van der Waals surface area (Å²) in [4.78, 5) is 16.9. The van der Waals surface area contributed by atoms with Crippen LogP contribution >= 0.6 is 0 Å². The van der Waals surface area contributed by atoms with Gasteiger partial charge in [-0.2, -0.15) is 0 Å². The van der Waals surface area contributed by atoms with Crippen LogP contribution in [-0.4, -0.2) is 18.9 Å². The first-order chi connectivity index (χ1) is 10.1. The van der Waals surface area contributed by atoms with Crippen LogP contribution in [0.2, 0.25) is 0 Å². The van der Waals surface area contributed by atoms with Gasteiger partial charge in [0.1, 0.15) is 5.75 Å². The van der Waals surface area contributed by atoms with Crippen LogP contribution in [0.5, 0.6) is 5.75 Å². The lowest BCUT2D eigenvalue weighted by atomic mass is 10.1. The predicted octanol–water partition coefficient (Wildman–Crippen LogP) is 2.48. The van der Waals surface area contributed by atoms with E-state index in [2.05, 4.69) is 5.16 Å². The number of rotatable bonds is 4. The van der Waals surface area contributed by atoms with Crippen LogP contribution in [0.4, 0.5) is 0 Å². The highest BCUT2D eigenvalue weighted by Gasteiger charge is 2.14. The Balaban J connectivity index is 2.16. The van der Waals surface area contributed by atoms with E-state index in [1.54, 1.807) is 44.4 Å². The third-order valence-corrected chi connectivity index (χ3v) is 3.02. The van der Waals surface area contributed by atoms with Gasteiger partial charge in [0.05, 0.1) is 12.7 Å². The number of amidine groups is 1. The Morgan fingerprint density at radius 2 is 1.81 bits per heavy atom. The first kappa shape index (κ1) is 14.6. The Labute approximate surface area is 123 Å². The lowest BCUT2D eigenvalue weighted by Gasteiger charge is -2.08. The van der Waals surface area contributed by atoms with E-state index >= 15 is 0 Å². The Morgan fingerprint density at radius 3 is 2.48 bits per heavy atom. The van der Waals surface area contributed by atoms with Gasteiger partial charge in [0.15, 0.2) is 5.84 Å². The number of carbonyl (C=O) groups excluding carboxylic acids is 1. The van der Waals surface area contributed by atoms with Crippen molar-refractivity contribution < 1.29 is 14.4 Å². The molecule has 0 bridgehead atoms. The van der Waals surface area contributed by atoms with Crippen molar-refractivity contribution in [2.75, 3.05) is 7.11 Å². The van der Waals surface area contributed by atoms with E-state index in [9.17, 15) is 4.79 Å². The molecule has 5 nitrogen and oxygen atoms in total. The summed E-state index contributed by atoms with van der Waals surface area (Å²) in [6, 6.07) is 14.2. The molecule has 0 radical (unpaired) electrons. The zero-order chi connectivity index (χ0) is 15.2. The largest absolute Gasteiger partial charge is 0.496 e. The SMILES string of the molecule is COc1cccc(C(=O)O/N=C(\N)c2ccccc2)c1C. The predicted molar refractivity (Wildman–Crippen MR) is 80.3 cm³/mol. The van der Waals surface area contributed by atoms with Crippen LogP contribution in [0.25, 0.3) is 0 Å². The van der Waals surface area contributed by atoms with Crippen molar-refractivity contribution in [3.05, 3.63) is 65.2 Å². The fraction of sp³-hybridized carbons (Fsp3) is 0.125. The fourth-order valence-electron chi connectivity index (χ4n) is 1.86. The minimum absolute atomic E-state index is 0.143. The van der Waals surface area contributed by atoms with Gasteiger partial charge in [0.25, 0.3) is 0 Å². The number of oxime groups is 1. The summed E-state index contributed by atoms with van der Waals surface area (Å²) < 4.78 is 5.16. The molecule has 0 spiro atoms. The molecule has 0 aliphatic heterocycles. The molecule has 0 saturated heterocycles. The summed E-state index contributed by atoms with van der Waals surface area (Å²) in [5.41, 5.74) is 7.53. The molecular weight excluding hydrogens is 268 g/mol. The average molecular weight is 284 g/mol. The van der Waals surface area contributed by atoms with E-state index in [0.29, 0.717) is 22.4 Å². The number of methoxy groups -OCH3 is 1. The minimum atomic E-state index is -0.578. The van der Waals surface area contributed by atoms with Crippen molar-refractivity contribution in [2.24, 2.45) is 10.9 Å². The van der Waals surface area contributed by atoms with Crippen LogP contribution in [0.15, 0.2) is 53.7 Å². The molecule has 2 aromatic rings. The summed E-state index contributed by atoms with van der Waals surface area (Å²) >= 11 is 0. The molecule has 5 heteroatoms. The summed E-state index contributed by atoms with van der Waals surface area (Å²) in [6.07, 6.45) is 0. The molecule has 0 unspecified atom stereocenters. The fourth-order valence-corrected chi connectivity index (χ4v) is 1.86. The molecule has 0 aliphatic carbocycles. The van der Waals surface area contributed by atoms with E-state index in [1.165, 1.54) is 0 Å². The number of benzene rings is 2. The molecule has 0 aromatic heterocycles. The lowest BCUT2D eigenvalue weighted by molar-refractivity contribution is 0.0514. The van der Waals surface area contributed by atoms with E-state index in [-0.39, 0.29) is 5.84 Å². The molecule has 2 N–H and O–H groups in total. The number of ether oxygens (including phenoxy) is 1. The van der Waals surface area contributed by atoms with Crippen LogP contribution in [0.3, 0.4) is 0 Å². The first-order valence-electron chi connectivity index (χ1n) is 6.37. The van der Waals surface area contributed by atoms with E-state index in [4.69, 9.17) is 15.3 Å². The van der Waals surface area contributed by atoms with E-state index < -0.39 is 5.97 Å². The van der Waals surface area contributed by atoms with Crippen molar-refractivity contribution in [1.29, 1.82) is 0 Å². The van der Waals surface area contributed by atoms with Crippen LogP contribution in [0.1, 0.15) is 21.5 Å². The van der Waals surface area contributed by atoms with Gasteiger partial charge in [-0.05, 0) is 19.1 Å². The Morgan fingerprint density at radius 1 is 1.10 bits per heavy atom. The summed E-state index contributed by atoms with van der Waals surface area (Å²) in [7, 11) is 1.54. The summed E-state index contributed by atoms with van der Waals surface area (Å²) in [6.45, 7) is 1.78. The molecule has 21 heavy (non-hydrogen) atoms. The molecule has 2 rings (SSSR count). The topological polar surface area (TPSA) is 73.9 Å². The normalized spacial score (nSPS) is 11.0. The highest BCUT2D eigenvalue weighted by atomic mass is 16.7. The van der Waals surface area contributed by atoms with Gasteiger partial charge < -0.3 is 15.3 Å². The maximum atomic E-state index is 12.0. The molecule has 0 amide bonds. The second-order valence-electron chi connectivity index (χ2n) is 4.35. The second-order valence-corrected chi connectivity index (χ2v) is 4.35. The Kier molecular flexibility index (Phi) is 4.56. The number of hydrogen-bond donors (Lipinski definition) is 1. The first-order valence-corrected chi connectivity index (χ1v) is 6.37. The number of carbonyl (C=O) groups is 1. The van der Waals surface area contributed by atoms with Gasteiger partial charge >= 0.3 is 5.97 Å². The molecule has 0 fully saturated rings. The van der Waals surface area contributed by atoms with Crippen LogP contribution in [0, 0.1) is 6.92 Å². The third kappa shape index (κ3) is 3.39. The van der Waals surface area contributed by atoms with Gasteiger partial charge in [-0.15, -0.1) is 0 Å². The van der Waals surface area contributed by atoms with E-state index in [1.807, 2.05) is 18.2 Å². The van der Waals surface area contributed by atoms with E-state index in [0.717, 1.165) is 0 Å². The van der Waals surface area contributed by atoms with Crippen molar-refractivity contribution >= 4 is 11.8 Å². The van der Waals surface area contributed by atoms with Crippen molar-refractivity contribution in [3.63, 3.8) is 0 Å².